The van der Waals surface area contributed by atoms with E-state index in [1.165, 1.54) is 51.4 Å². The number of morpholine rings is 2. The van der Waals surface area contributed by atoms with Crippen molar-refractivity contribution in [3.05, 3.63) is 0 Å². The van der Waals surface area contributed by atoms with Crippen LogP contribution in [0.25, 0.3) is 0 Å². The lowest BCUT2D eigenvalue weighted by Gasteiger charge is -2.50. The third-order valence-corrected chi connectivity index (χ3v) is 7.82. The number of ether oxygens (including phenoxy) is 2. The summed E-state index contributed by atoms with van der Waals surface area (Å²) in [4.78, 5) is 5.50. The Morgan fingerprint density at radius 1 is 0.933 bits per heavy atom. The van der Waals surface area contributed by atoms with Crippen LogP contribution in [0.2, 0.25) is 0 Å². The summed E-state index contributed by atoms with van der Waals surface area (Å²) in [6, 6.07) is 0. The second-order valence-corrected chi connectivity index (χ2v) is 12.4. The fraction of sp³-hybridized carbons (Fsp3) is 1.00. The van der Waals surface area contributed by atoms with Crippen LogP contribution in [0, 0.1) is 11.3 Å². The van der Waals surface area contributed by atoms with Gasteiger partial charge >= 0.3 is 0 Å². The molecule has 0 radical (unpaired) electrons. The predicted octanol–water partition coefficient (Wildman–Crippen LogP) is 5.35. The summed E-state index contributed by atoms with van der Waals surface area (Å²) in [5.41, 5.74) is 1.01. The molecule has 2 heterocycles. The van der Waals surface area contributed by atoms with Crippen LogP contribution in [0.4, 0.5) is 0 Å². The zero-order valence-electron chi connectivity index (χ0n) is 21.0. The van der Waals surface area contributed by atoms with Gasteiger partial charge in [-0.2, -0.15) is 0 Å². The van der Waals surface area contributed by atoms with E-state index in [2.05, 4.69) is 51.3 Å². The molecule has 2 aliphatic heterocycles. The van der Waals surface area contributed by atoms with E-state index in [1.807, 2.05) is 0 Å². The summed E-state index contributed by atoms with van der Waals surface area (Å²) in [6.07, 6.45) is 11.1. The molecule has 2 atom stereocenters. The number of rotatable bonds is 7. The normalized spacial score (nSPS) is 28.4. The lowest BCUT2D eigenvalue weighted by atomic mass is 9.73. The van der Waals surface area contributed by atoms with Gasteiger partial charge in [0.15, 0.2) is 0 Å². The minimum absolute atomic E-state index is 0.238. The van der Waals surface area contributed by atoms with Gasteiger partial charge in [0.2, 0.25) is 0 Å². The Hall–Kier alpha value is -0.160. The molecule has 2 saturated heterocycles. The first kappa shape index (κ1) is 24.5. The summed E-state index contributed by atoms with van der Waals surface area (Å²) in [5.74, 6) is 0.710. The minimum Gasteiger partial charge on any atom is -0.379 e. The maximum absolute atomic E-state index is 6.30. The molecule has 0 aromatic carbocycles. The smallest absolute Gasteiger partial charge is 0.0705 e. The van der Waals surface area contributed by atoms with Crippen molar-refractivity contribution >= 4 is 0 Å². The molecule has 176 valence electrons. The van der Waals surface area contributed by atoms with E-state index in [4.69, 9.17) is 9.47 Å². The number of hydrogen-bond acceptors (Lipinski definition) is 4. The van der Waals surface area contributed by atoms with Gasteiger partial charge in [0.05, 0.1) is 25.9 Å². The van der Waals surface area contributed by atoms with Crippen LogP contribution >= 0.6 is 0 Å². The van der Waals surface area contributed by atoms with Gasteiger partial charge in [-0.1, -0.05) is 47.0 Å². The Morgan fingerprint density at radius 2 is 1.60 bits per heavy atom. The monoisotopic (exact) mass is 422 g/mol. The molecule has 0 aromatic rings. The quantitative estimate of drug-likeness (QED) is 0.552. The first-order chi connectivity index (χ1) is 14.1. The van der Waals surface area contributed by atoms with E-state index in [0.29, 0.717) is 23.0 Å². The maximum Gasteiger partial charge on any atom is 0.0705 e. The highest BCUT2D eigenvalue weighted by atomic mass is 16.5. The van der Waals surface area contributed by atoms with Gasteiger partial charge in [-0.3, -0.25) is 9.80 Å². The van der Waals surface area contributed by atoms with Gasteiger partial charge < -0.3 is 9.47 Å². The highest BCUT2D eigenvalue weighted by Crippen LogP contribution is 2.40. The van der Waals surface area contributed by atoms with Gasteiger partial charge in [-0.25, -0.2) is 0 Å². The first-order valence-electron chi connectivity index (χ1n) is 12.8. The summed E-state index contributed by atoms with van der Waals surface area (Å²) < 4.78 is 12.0. The van der Waals surface area contributed by atoms with Crippen molar-refractivity contribution in [3.8, 4) is 0 Å². The number of hydrogen-bond donors (Lipinski definition) is 0. The van der Waals surface area contributed by atoms with Crippen LogP contribution in [0.15, 0.2) is 0 Å². The molecule has 0 amide bonds. The molecule has 2 unspecified atom stereocenters. The average Bonchev–Trinajstić information content (AvgIpc) is 2.68. The van der Waals surface area contributed by atoms with E-state index in [0.717, 1.165) is 46.0 Å². The van der Waals surface area contributed by atoms with E-state index in [9.17, 15) is 0 Å². The van der Waals surface area contributed by atoms with Crippen LogP contribution in [0.5, 0.6) is 0 Å². The molecule has 0 spiro atoms. The highest BCUT2D eigenvalue weighted by Gasteiger charge is 2.41. The topological polar surface area (TPSA) is 24.9 Å². The molecule has 4 heteroatoms. The van der Waals surface area contributed by atoms with Crippen molar-refractivity contribution in [1.29, 1.82) is 0 Å². The second kappa shape index (κ2) is 10.2. The van der Waals surface area contributed by atoms with Crippen LogP contribution in [-0.2, 0) is 9.47 Å². The van der Waals surface area contributed by atoms with Crippen molar-refractivity contribution in [3.63, 3.8) is 0 Å². The van der Waals surface area contributed by atoms with Crippen molar-refractivity contribution in [1.82, 2.24) is 9.80 Å². The molecule has 0 aromatic heterocycles. The van der Waals surface area contributed by atoms with Gasteiger partial charge in [-0.05, 0) is 57.3 Å². The van der Waals surface area contributed by atoms with Gasteiger partial charge in [0, 0.05) is 37.3 Å². The molecular weight excluding hydrogens is 372 g/mol. The summed E-state index contributed by atoms with van der Waals surface area (Å²) in [5, 5.41) is 0. The Balaban J connectivity index is 1.58. The van der Waals surface area contributed by atoms with Crippen LogP contribution in [0.1, 0.15) is 92.9 Å². The van der Waals surface area contributed by atoms with E-state index in [-0.39, 0.29) is 5.54 Å². The Kier molecular flexibility index (Phi) is 8.31. The molecule has 0 bridgehead atoms. The molecule has 30 heavy (non-hydrogen) atoms. The van der Waals surface area contributed by atoms with Gasteiger partial charge in [0.1, 0.15) is 0 Å². The van der Waals surface area contributed by atoms with Crippen LogP contribution in [0.3, 0.4) is 0 Å². The lowest BCUT2D eigenvalue weighted by molar-refractivity contribution is -0.0829. The standard InChI is InChI=1S/C26H50N2O2/c1-22(19-26(10-8-7-9-11-26)27-12-15-29-16-13-27)18-23-20-28(14-17-30-23)25(5,6)21-24(2,3)4/h22-23H,7-21H2,1-6H3. The molecule has 3 aliphatic rings. The largest absolute Gasteiger partial charge is 0.379 e. The predicted molar refractivity (Wildman–Crippen MR) is 126 cm³/mol. The molecule has 1 saturated carbocycles. The van der Waals surface area contributed by atoms with E-state index >= 15 is 0 Å². The average molecular weight is 423 g/mol. The second-order valence-electron chi connectivity index (χ2n) is 12.4. The van der Waals surface area contributed by atoms with Crippen LogP contribution in [-0.4, -0.2) is 73.0 Å². The Labute approximate surface area is 187 Å². The molecular formula is C26H50N2O2. The molecule has 4 nitrogen and oxygen atoms in total. The maximum atomic E-state index is 6.30. The van der Waals surface area contributed by atoms with E-state index < -0.39 is 0 Å². The summed E-state index contributed by atoms with van der Waals surface area (Å²) >= 11 is 0. The van der Waals surface area contributed by atoms with Crippen molar-refractivity contribution in [2.24, 2.45) is 11.3 Å². The van der Waals surface area contributed by atoms with Crippen molar-refractivity contribution in [2.45, 2.75) is 110 Å². The summed E-state index contributed by atoms with van der Waals surface area (Å²) in [6.45, 7) is 21.6. The SMILES string of the molecule is CC(CC1CN(C(C)(C)CC(C)(C)C)CCO1)CC1(N2CCOCC2)CCCCC1. The fourth-order valence-corrected chi connectivity index (χ4v) is 6.90. The van der Waals surface area contributed by atoms with Gasteiger partial charge in [-0.15, -0.1) is 0 Å². The molecule has 3 rings (SSSR count). The minimum atomic E-state index is 0.238. The van der Waals surface area contributed by atoms with Crippen molar-refractivity contribution < 1.29 is 9.47 Å². The van der Waals surface area contributed by atoms with Crippen molar-refractivity contribution in [2.75, 3.05) is 46.0 Å². The zero-order valence-corrected chi connectivity index (χ0v) is 21.0. The zero-order chi connectivity index (χ0) is 21.8. The number of nitrogens with zero attached hydrogens (tertiary/aromatic N) is 2. The fourth-order valence-electron chi connectivity index (χ4n) is 6.90. The third kappa shape index (κ3) is 6.67. The molecule has 1 aliphatic carbocycles. The Bertz CT molecular complexity index is 516. The Morgan fingerprint density at radius 3 is 2.23 bits per heavy atom. The summed E-state index contributed by atoms with van der Waals surface area (Å²) in [7, 11) is 0. The molecule has 0 N–H and O–H groups in total. The first-order valence-corrected chi connectivity index (χ1v) is 12.8. The van der Waals surface area contributed by atoms with Crippen LogP contribution < -0.4 is 0 Å². The third-order valence-electron chi connectivity index (χ3n) is 7.82. The lowest BCUT2D eigenvalue weighted by Crippen LogP contribution is -2.56. The highest BCUT2D eigenvalue weighted by molar-refractivity contribution is 4.96. The van der Waals surface area contributed by atoms with Gasteiger partial charge in [0.25, 0.3) is 0 Å². The molecule has 3 fully saturated rings. The van der Waals surface area contributed by atoms with E-state index in [1.54, 1.807) is 0 Å².